The molecule has 0 radical (unpaired) electrons. The maximum atomic E-state index is 12.1. The molecule has 2 amide bonds. The van der Waals surface area contributed by atoms with Crippen molar-refractivity contribution in [1.82, 2.24) is 20.5 Å². The van der Waals surface area contributed by atoms with Crippen LogP contribution in [0.1, 0.15) is 37.8 Å². The Kier molecular flexibility index (Phi) is 6.61. The monoisotopic (exact) mass is 312 g/mol. The summed E-state index contributed by atoms with van der Waals surface area (Å²) in [5.74, 6) is 0. The lowest BCUT2D eigenvalue weighted by Gasteiger charge is -2.32. The van der Waals surface area contributed by atoms with Crippen LogP contribution in [0.25, 0.3) is 0 Å². The first-order chi connectivity index (χ1) is 9.70. The van der Waals surface area contributed by atoms with Crippen molar-refractivity contribution in [3.63, 3.8) is 0 Å². The van der Waals surface area contributed by atoms with Crippen LogP contribution in [-0.4, -0.2) is 42.6 Å². The number of hydrogen-bond donors (Lipinski definition) is 2. The maximum Gasteiger partial charge on any atom is 0.315 e. The van der Waals surface area contributed by atoms with E-state index in [1.807, 2.05) is 21.0 Å². The van der Waals surface area contributed by atoms with E-state index in [9.17, 15) is 4.79 Å². The highest BCUT2D eigenvalue weighted by Gasteiger charge is 2.26. The third kappa shape index (κ3) is 6.44. The Morgan fingerprint density at radius 3 is 2.57 bits per heavy atom. The molecule has 0 aliphatic carbocycles. The molecule has 1 rings (SSSR count). The van der Waals surface area contributed by atoms with E-state index in [4.69, 9.17) is 0 Å². The van der Waals surface area contributed by atoms with Crippen LogP contribution in [0.3, 0.4) is 0 Å². The van der Waals surface area contributed by atoms with Gasteiger partial charge in [-0.3, -0.25) is 0 Å². The van der Waals surface area contributed by atoms with Gasteiger partial charge in [-0.1, -0.05) is 20.8 Å². The van der Waals surface area contributed by atoms with Crippen LogP contribution in [0.2, 0.25) is 0 Å². The maximum absolute atomic E-state index is 12.1. The summed E-state index contributed by atoms with van der Waals surface area (Å²) in [6.45, 7) is 9.91. The summed E-state index contributed by atoms with van der Waals surface area (Å²) < 4.78 is 0. The summed E-state index contributed by atoms with van der Waals surface area (Å²) in [4.78, 5) is 19.5. The first-order valence-corrected chi connectivity index (χ1v) is 8.16. The van der Waals surface area contributed by atoms with Gasteiger partial charge in [0.15, 0.2) is 0 Å². The number of rotatable bonds is 6. The minimum Gasteiger partial charge on any atom is -0.335 e. The average Bonchev–Trinajstić information content (AvgIpc) is 2.76. The third-order valence-corrected chi connectivity index (χ3v) is 4.41. The molecule has 0 bridgehead atoms. The molecule has 0 saturated heterocycles. The first-order valence-electron chi connectivity index (χ1n) is 7.28. The summed E-state index contributed by atoms with van der Waals surface area (Å²) in [7, 11) is 4.10. The van der Waals surface area contributed by atoms with Gasteiger partial charge in [-0.25, -0.2) is 9.78 Å². The lowest BCUT2D eigenvalue weighted by molar-refractivity contribution is 0.206. The molecular weight excluding hydrogens is 284 g/mol. The number of nitrogens with one attached hydrogen (secondary N) is 2. The Balaban J connectivity index is 2.50. The van der Waals surface area contributed by atoms with Crippen molar-refractivity contribution in [3.8, 4) is 0 Å². The predicted molar refractivity (Wildman–Crippen MR) is 88.6 cm³/mol. The molecule has 1 aromatic rings. The van der Waals surface area contributed by atoms with Crippen molar-refractivity contribution in [2.45, 2.75) is 46.7 Å². The molecule has 0 aliphatic rings. The normalized spacial score (nSPS) is 13.3. The van der Waals surface area contributed by atoms with E-state index >= 15 is 0 Å². The minimum absolute atomic E-state index is 0.0355. The average molecular weight is 312 g/mol. The van der Waals surface area contributed by atoms with Crippen LogP contribution >= 0.6 is 11.3 Å². The molecule has 1 heterocycles. The topological polar surface area (TPSA) is 57.3 Å². The van der Waals surface area contributed by atoms with E-state index in [-0.39, 0.29) is 17.5 Å². The SMILES string of the molecule is Cc1ncsc1CNC(=O)N[C@H](CCN(C)C)C(C)(C)C. The highest BCUT2D eigenvalue weighted by Crippen LogP contribution is 2.22. The molecule has 0 saturated carbocycles. The second-order valence-corrected chi connectivity index (χ2v) is 7.64. The second kappa shape index (κ2) is 7.75. The van der Waals surface area contributed by atoms with Gasteiger partial charge < -0.3 is 15.5 Å². The van der Waals surface area contributed by atoms with Crippen LogP contribution in [0.5, 0.6) is 0 Å². The van der Waals surface area contributed by atoms with Gasteiger partial charge in [-0.2, -0.15) is 0 Å². The zero-order chi connectivity index (χ0) is 16.0. The fourth-order valence-corrected chi connectivity index (χ4v) is 2.69. The Morgan fingerprint density at radius 1 is 1.43 bits per heavy atom. The quantitative estimate of drug-likeness (QED) is 0.849. The van der Waals surface area contributed by atoms with Crippen molar-refractivity contribution >= 4 is 17.4 Å². The number of thiazole rings is 1. The zero-order valence-corrected chi connectivity index (χ0v) is 14.8. The van der Waals surface area contributed by atoms with Gasteiger partial charge >= 0.3 is 6.03 Å². The smallest absolute Gasteiger partial charge is 0.315 e. The van der Waals surface area contributed by atoms with E-state index in [0.29, 0.717) is 6.54 Å². The molecule has 0 spiro atoms. The van der Waals surface area contributed by atoms with Gasteiger partial charge in [-0.05, 0) is 39.4 Å². The van der Waals surface area contributed by atoms with Gasteiger partial charge in [0.2, 0.25) is 0 Å². The van der Waals surface area contributed by atoms with Crippen molar-refractivity contribution in [1.29, 1.82) is 0 Å². The molecule has 0 aromatic carbocycles. The van der Waals surface area contributed by atoms with Crippen LogP contribution in [0.15, 0.2) is 5.51 Å². The number of carbonyl (C=O) groups excluding carboxylic acids is 1. The van der Waals surface area contributed by atoms with Gasteiger partial charge in [0.1, 0.15) is 0 Å². The van der Waals surface area contributed by atoms with Crippen molar-refractivity contribution in [3.05, 3.63) is 16.1 Å². The number of aromatic nitrogens is 1. The molecule has 120 valence electrons. The fourth-order valence-electron chi connectivity index (χ4n) is 1.97. The van der Waals surface area contributed by atoms with Gasteiger partial charge in [0.25, 0.3) is 0 Å². The van der Waals surface area contributed by atoms with Gasteiger partial charge in [0, 0.05) is 10.9 Å². The molecule has 1 atom stereocenters. The van der Waals surface area contributed by atoms with Crippen LogP contribution in [0, 0.1) is 12.3 Å². The number of hydrogen-bond acceptors (Lipinski definition) is 4. The lowest BCUT2D eigenvalue weighted by Crippen LogP contribution is -2.48. The second-order valence-electron chi connectivity index (χ2n) is 6.70. The van der Waals surface area contributed by atoms with Crippen LogP contribution in [-0.2, 0) is 6.54 Å². The van der Waals surface area contributed by atoms with E-state index in [1.54, 1.807) is 16.8 Å². The van der Waals surface area contributed by atoms with Gasteiger partial charge in [0.05, 0.1) is 17.7 Å². The summed E-state index contributed by atoms with van der Waals surface area (Å²) in [5.41, 5.74) is 2.83. The highest BCUT2D eigenvalue weighted by atomic mass is 32.1. The summed E-state index contributed by atoms with van der Waals surface area (Å²) in [6, 6.07) is 0.0314. The third-order valence-electron chi connectivity index (χ3n) is 3.47. The Morgan fingerprint density at radius 2 is 2.10 bits per heavy atom. The van der Waals surface area contributed by atoms with E-state index < -0.39 is 0 Å². The fraction of sp³-hybridized carbons (Fsp3) is 0.733. The first kappa shape index (κ1) is 17.9. The molecule has 1 aromatic heterocycles. The summed E-state index contributed by atoms with van der Waals surface area (Å²) in [5, 5.41) is 6.02. The van der Waals surface area contributed by atoms with Crippen LogP contribution < -0.4 is 10.6 Å². The van der Waals surface area contributed by atoms with E-state index in [0.717, 1.165) is 23.5 Å². The van der Waals surface area contributed by atoms with Crippen LogP contribution in [0.4, 0.5) is 4.79 Å². The minimum atomic E-state index is -0.110. The zero-order valence-electron chi connectivity index (χ0n) is 14.0. The molecule has 2 N–H and O–H groups in total. The van der Waals surface area contributed by atoms with E-state index in [2.05, 4.69) is 41.3 Å². The molecule has 5 nitrogen and oxygen atoms in total. The largest absolute Gasteiger partial charge is 0.335 e. The predicted octanol–water partition coefficient (Wildman–Crippen LogP) is 2.62. The summed E-state index contributed by atoms with van der Waals surface area (Å²) in [6.07, 6.45) is 0.934. The van der Waals surface area contributed by atoms with Crippen molar-refractivity contribution in [2.24, 2.45) is 5.41 Å². The Labute approximate surface area is 132 Å². The molecule has 21 heavy (non-hydrogen) atoms. The number of urea groups is 1. The van der Waals surface area contributed by atoms with Crippen molar-refractivity contribution < 1.29 is 4.79 Å². The Hall–Kier alpha value is -1.14. The highest BCUT2D eigenvalue weighted by molar-refractivity contribution is 7.09. The Bertz CT molecular complexity index is 451. The molecule has 0 fully saturated rings. The van der Waals surface area contributed by atoms with Gasteiger partial charge in [-0.15, -0.1) is 11.3 Å². The lowest BCUT2D eigenvalue weighted by atomic mass is 9.85. The standard InChI is InChI=1S/C15H28N4OS/c1-11-12(21-10-17-11)9-16-14(20)18-13(15(2,3)4)7-8-19(5)6/h10,13H,7-9H2,1-6H3,(H2,16,18,20)/t13-/m1/s1. The summed E-state index contributed by atoms with van der Waals surface area (Å²) >= 11 is 1.57. The molecule has 0 unspecified atom stereocenters. The molecule has 0 aliphatic heterocycles. The number of carbonyl (C=O) groups is 1. The number of amides is 2. The molecular formula is C15H28N4OS. The molecule has 6 heteroatoms. The van der Waals surface area contributed by atoms with E-state index in [1.165, 1.54) is 0 Å². The number of nitrogens with zero attached hydrogens (tertiary/aromatic N) is 2. The van der Waals surface area contributed by atoms with Crippen molar-refractivity contribution in [2.75, 3.05) is 20.6 Å². The number of aryl methyl sites for hydroxylation is 1.